The molecule has 0 bridgehead atoms. The molecular weight excluding hydrogens is 246 g/mol. The lowest BCUT2D eigenvalue weighted by Crippen LogP contribution is -2.17. The summed E-state index contributed by atoms with van der Waals surface area (Å²) in [5, 5.41) is 0. The molecule has 0 aliphatic heterocycles. The van der Waals surface area contributed by atoms with Crippen LogP contribution in [-0.4, -0.2) is 6.61 Å². The molecular formula is C18H29NO. The number of unbranched alkanes of at least 4 members (excludes halogenated alkanes) is 1. The van der Waals surface area contributed by atoms with E-state index in [4.69, 9.17) is 10.5 Å². The maximum Gasteiger partial charge on any atom is 0.119 e. The summed E-state index contributed by atoms with van der Waals surface area (Å²) in [6, 6.07) is 8.57. The van der Waals surface area contributed by atoms with Crippen LogP contribution in [0, 0.1) is 5.92 Å². The van der Waals surface area contributed by atoms with Crippen molar-refractivity contribution in [2.75, 3.05) is 6.61 Å². The molecule has 2 rings (SSSR count). The molecule has 20 heavy (non-hydrogen) atoms. The quantitative estimate of drug-likeness (QED) is 0.723. The summed E-state index contributed by atoms with van der Waals surface area (Å²) in [5.74, 6) is 1.80. The van der Waals surface area contributed by atoms with Gasteiger partial charge in [0, 0.05) is 6.04 Å². The maximum absolute atomic E-state index is 6.36. The van der Waals surface area contributed by atoms with Crippen molar-refractivity contribution in [1.29, 1.82) is 0 Å². The molecule has 2 nitrogen and oxygen atoms in total. The topological polar surface area (TPSA) is 35.2 Å². The van der Waals surface area contributed by atoms with Gasteiger partial charge >= 0.3 is 0 Å². The van der Waals surface area contributed by atoms with Crippen molar-refractivity contribution in [3.05, 3.63) is 29.8 Å². The summed E-state index contributed by atoms with van der Waals surface area (Å²) in [5.41, 5.74) is 7.61. The van der Waals surface area contributed by atoms with E-state index in [0.29, 0.717) is 0 Å². The average Bonchev–Trinajstić information content (AvgIpc) is 2.49. The Labute approximate surface area is 123 Å². The molecule has 0 spiro atoms. The molecule has 1 aromatic rings. The highest BCUT2D eigenvalue weighted by atomic mass is 16.5. The summed E-state index contributed by atoms with van der Waals surface area (Å²) < 4.78 is 5.69. The molecule has 0 amide bonds. The van der Waals surface area contributed by atoms with Crippen molar-refractivity contribution in [3.63, 3.8) is 0 Å². The van der Waals surface area contributed by atoms with Gasteiger partial charge in [-0.3, -0.25) is 0 Å². The number of nitrogens with two attached hydrogens (primary N) is 1. The Hall–Kier alpha value is -1.02. The highest BCUT2D eigenvalue weighted by Gasteiger charge is 2.17. The molecule has 1 fully saturated rings. The number of ether oxygens (including phenoxy) is 1. The number of rotatable bonds is 7. The molecule has 0 aromatic heterocycles. The summed E-state index contributed by atoms with van der Waals surface area (Å²) >= 11 is 0. The molecule has 1 saturated carbocycles. The Morgan fingerprint density at radius 2 is 1.85 bits per heavy atom. The van der Waals surface area contributed by atoms with E-state index in [1.165, 1.54) is 44.1 Å². The number of hydrogen-bond acceptors (Lipinski definition) is 2. The van der Waals surface area contributed by atoms with Crippen molar-refractivity contribution in [3.8, 4) is 5.75 Å². The first-order chi connectivity index (χ1) is 9.79. The zero-order valence-corrected chi connectivity index (χ0v) is 12.8. The summed E-state index contributed by atoms with van der Waals surface area (Å²) in [6.07, 6.45) is 10.3. The van der Waals surface area contributed by atoms with Crippen LogP contribution in [0.2, 0.25) is 0 Å². The van der Waals surface area contributed by atoms with Crippen molar-refractivity contribution in [2.24, 2.45) is 11.7 Å². The van der Waals surface area contributed by atoms with Crippen molar-refractivity contribution in [2.45, 2.75) is 64.3 Å². The van der Waals surface area contributed by atoms with Gasteiger partial charge in [0.05, 0.1) is 6.61 Å². The normalized spacial score (nSPS) is 17.9. The second-order valence-electron chi connectivity index (χ2n) is 6.12. The minimum Gasteiger partial charge on any atom is -0.494 e. The van der Waals surface area contributed by atoms with Gasteiger partial charge in [-0.2, -0.15) is 0 Å². The smallest absolute Gasteiger partial charge is 0.119 e. The molecule has 0 heterocycles. The van der Waals surface area contributed by atoms with Crippen LogP contribution in [0.25, 0.3) is 0 Å². The minimum atomic E-state index is 0.183. The molecule has 2 N–H and O–H groups in total. The monoisotopic (exact) mass is 275 g/mol. The highest BCUT2D eigenvalue weighted by Crippen LogP contribution is 2.31. The van der Waals surface area contributed by atoms with Crippen molar-refractivity contribution in [1.82, 2.24) is 0 Å². The molecule has 1 aliphatic carbocycles. The van der Waals surface area contributed by atoms with E-state index in [2.05, 4.69) is 31.2 Å². The predicted molar refractivity (Wildman–Crippen MR) is 85.0 cm³/mol. The Bertz CT molecular complexity index is 368. The first kappa shape index (κ1) is 15.4. The lowest BCUT2D eigenvalue weighted by atomic mass is 9.83. The third kappa shape index (κ3) is 4.82. The number of benzene rings is 1. The van der Waals surface area contributed by atoms with E-state index < -0.39 is 0 Å². The fourth-order valence-corrected chi connectivity index (χ4v) is 3.06. The lowest BCUT2D eigenvalue weighted by molar-refractivity contribution is 0.308. The van der Waals surface area contributed by atoms with E-state index in [-0.39, 0.29) is 6.04 Å². The Balaban J connectivity index is 1.81. The average molecular weight is 275 g/mol. The van der Waals surface area contributed by atoms with Crippen LogP contribution >= 0.6 is 0 Å². The fraction of sp³-hybridized carbons (Fsp3) is 0.667. The van der Waals surface area contributed by atoms with Gasteiger partial charge in [-0.1, -0.05) is 57.6 Å². The molecule has 0 saturated heterocycles. The SMILES string of the molecule is CCCCOc1ccc(C(N)CC2CCCCC2)cc1. The van der Waals surface area contributed by atoms with Gasteiger partial charge in [-0.15, -0.1) is 0 Å². The van der Waals surface area contributed by atoms with E-state index in [1.54, 1.807) is 0 Å². The van der Waals surface area contributed by atoms with Crippen LogP contribution in [-0.2, 0) is 0 Å². The van der Waals surface area contributed by atoms with Gasteiger partial charge in [0.15, 0.2) is 0 Å². The lowest BCUT2D eigenvalue weighted by Gasteiger charge is -2.24. The Kier molecular flexibility index (Phi) is 6.38. The number of hydrogen-bond donors (Lipinski definition) is 1. The van der Waals surface area contributed by atoms with Crippen molar-refractivity contribution >= 4 is 0 Å². The molecule has 1 atom stereocenters. The Morgan fingerprint density at radius 3 is 2.50 bits per heavy atom. The molecule has 1 aromatic carbocycles. The van der Waals surface area contributed by atoms with Gasteiger partial charge in [0.2, 0.25) is 0 Å². The Morgan fingerprint density at radius 1 is 1.15 bits per heavy atom. The molecule has 1 unspecified atom stereocenters. The zero-order valence-electron chi connectivity index (χ0n) is 12.8. The van der Waals surface area contributed by atoms with E-state index in [0.717, 1.165) is 31.1 Å². The largest absolute Gasteiger partial charge is 0.494 e. The third-order valence-electron chi connectivity index (χ3n) is 4.39. The van der Waals surface area contributed by atoms with Crippen molar-refractivity contribution < 1.29 is 4.74 Å². The minimum absolute atomic E-state index is 0.183. The molecule has 2 heteroatoms. The van der Waals surface area contributed by atoms with Gasteiger partial charge in [-0.25, -0.2) is 0 Å². The second-order valence-corrected chi connectivity index (χ2v) is 6.12. The van der Waals surface area contributed by atoms with Crippen LogP contribution in [0.15, 0.2) is 24.3 Å². The second kappa shape index (κ2) is 8.31. The molecule has 112 valence electrons. The summed E-state index contributed by atoms with van der Waals surface area (Å²) in [7, 11) is 0. The van der Waals surface area contributed by atoms with Gasteiger partial charge in [-0.05, 0) is 36.5 Å². The van der Waals surface area contributed by atoms with E-state index in [1.807, 2.05) is 0 Å². The van der Waals surface area contributed by atoms with Gasteiger partial charge < -0.3 is 10.5 Å². The van der Waals surface area contributed by atoms with Crippen LogP contribution in [0.1, 0.15) is 69.9 Å². The van der Waals surface area contributed by atoms with E-state index >= 15 is 0 Å². The van der Waals surface area contributed by atoms with Gasteiger partial charge in [0.25, 0.3) is 0 Å². The van der Waals surface area contributed by atoms with Crippen LogP contribution in [0.3, 0.4) is 0 Å². The predicted octanol–water partition coefficient (Wildman–Crippen LogP) is 4.84. The molecule has 0 radical (unpaired) electrons. The van der Waals surface area contributed by atoms with Crippen LogP contribution in [0.4, 0.5) is 0 Å². The van der Waals surface area contributed by atoms with Crippen LogP contribution in [0.5, 0.6) is 5.75 Å². The highest BCUT2D eigenvalue weighted by molar-refractivity contribution is 5.29. The van der Waals surface area contributed by atoms with Gasteiger partial charge in [0.1, 0.15) is 5.75 Å². The third-order valence-corrected chi connectivity index (χ3v) is 4.39. The maximum atomic E-state index is 6.36. The first-order valence-electron chi connectivity index (χ1n) is 8.28. The van der Waals surface area contributed by atoms with E-state index in [9.17, 15) is 0 Å². The molecule has 1 aliphatic rings. The van der Waals surface area contributed by atoms with Crippen LogP contribution < -0.4 is 10.5 Å². The fourth-order valence-electron chi connectivity index (χ4n) is 3.06. The zero-order chi connectivity index (χ0) is 14.2. The first-order valence-corrected chi connectivity index (χ1v) is 8.28. The summed E-state index contributed by atoms with van der Waals surface area (Å²) in [4.78, 5) is 0. The summed E-state index contributed by atoms with van der Waals surface area (Å²) in [6.45, 7) is 2.99. The standard InChI is InChI=1S/C18H29NO/c1-2-3-13-20-17-11-9-16(10-12-17)18(19)14-15-7-5-4-6-8-15/h9-12,15,18H,2-8,13-14,19H2,1H3.